The summed E-state index contributed by atoms with van der Waals surface area (Å²) in [5.74, 6) is 0.730. The molecule has 1 N–H and O–H groups in total. The topological polar surface area (TPSA) is 73.9 Å². The van der Waals surface area contributed by atoms with Gasteiger partial charge in [0, 0.05) is 28.4 Å². The van der Waals surface area contributed by atoms with Gasteiger partial charge in [-0.25, -0.2) is 9.59 Å². The highest BCUT2D eigenvalue weighted by Crippen LogP contribution is 2.56. The van der Waals surface area contributed by atoms with E-state index in [4.69, 9.17) is 14.2 Å². The summed E-state index contributed by atoms with van der Waals surface area (Å²) in [6.45, 7) is 7.38. The first-order valence-electron chi connectivity index (χ1n) is 10.4. The number of fused-ring (bicyclic) bond motifs is 6. The molecule has 32 heavy (non-hydrogen) atoms. The van der Waals surface area contributed by atoms with Crippen molar-refractivity contribution in [3.05, 3.63) is 88.5 Å². The van der Waals surface area contributed by atoms with Gasteiger partial charge in [0.2, 0.25) is 0 Å². The van der Waals surface area contributed by atoms with Gasteiger partial charge in [0.1, 0.15) is 17.1 Å². The first-order chi connectivity index (χ1) is 15.2. The molecule has 6 heteroatoms. The number of carbonyl (C=O) groups is 2. The van der Waals surface area contributed by atoms with Crippen molar-refractivity contribution in [1.29, 1.82) is 0 Å². The van der Waals surface area contributed by atoms with Gasteiger partial charge < -0.3 is 14.2 Å². The standard InChI is InChI=1S/C26H23NO5/c1-15-9-11-19-21(13-15)30-22-14-16(27-24(29)32-25(2,3)4)10-12-20(22)26(19)18-8-6-5-7-17(18)23(28)31-26/h5-14H,1-4H3,(H,27,29). The Morgan fingerprint density at radius 3 is 2.38 bits per heavy atom. The highest BCUT2D eigenvalue weighted by atomic mass is 16.6. The van der Waals surface area contributed by atoms with E-state index >= 15 is 0 Å². The van der Waals surface area contributed by atoms with Gasteiger partial charge in [-0.1, -0.05) is 30.3 Å². The predicted octanol–water partition coefficient (Wildman–Crippen LogP) is 5.91. The van der Waals surface area contributed by atoms with Crippen molar-refractivity contribution in [2.24, 2.45) is 0 Å². The fourth-order valence-electron chi connectivity index (χ4n) is 4.28. The molecule has 2 aliphatic rings. The summed E-state index contributed by atoms with van der Waals surface area (Å²) in [7, 11) is 0. The Balaban J connectivity index is 1.65. The lowest BCUT2D eigenvalue weighted by molar-refractivity contribution is 0.0224. The molecular weight excluding hydrogens is 406 g/mol. The first kappa shape index (κ1) is 20.1. The molecule has 2 heterocycles. The molecule has 3 aromatic carbocycles. The number of benzene rings is 3. The Kier molecular flexibility index (Phi) is 4.31. The summed E-state index contributed by atoms with van der Waals surface area (Å²) in [5, 5.41) is 2.74. The van der Waals surface area contributed by atoms with Gasteiger partial charge in [-0.05, 0) is 57.5 Å². The van der Waals surface area contributed by atoms with Crippen LogP contribution in [0.2, 0.25) is 0 Å². The van der Waals surface area contributed by atoms with Gasteiger partial charge in [-0.15, -0.1) is 0 Å². The molecule has 6 nitrogen and oxygen atoms in total. The lowest BCUT2D eigenvalue weighted by atomic mass is 9.77. The van der Waals surface area contributed by atoms with Crippen molar-refractivity contribution in [2.75, 3.05) is 5.32 Å². The molecule has 0 radical (unpaired) electrons. The molecule has 0 bridgehead atoms. The average molecular weight is 429 g/mol. The zero-order chi connectivity index (χ0) is 22.7. The van der Waals surface area contributed by atoms with E-state index in [1.165, 1.54) is 0 Å². The maximum absolute atomic E-state index is 12.8. The third kappa shape index (κ3) is 3.11. The van der Waals surface area contributed by atoms with Crippen LogP contribution in [0.1, 0.15) is 53.4 Å². The zero-order valence-corrected chi connectivity index (χ0v) is 18.3. The first-order valence-corrected chi connectivity index (χ1v) is 10.4. The second kappa shape index (κ2) is 6.85. The third-order valence-corrected chi connectivity index (χ3v) is 5.51. The largest absolute Gasteiger partial charge is 0.456 e. The summed E-state index contributed by atoms with van der Waals surface area (Å²) >= 11 is 0. The lowest BCUT2D eigenvalue weighted by Gasteiger charge is -2.36. The molecule has 1 unspecified atom stereocenters. The molecule has 3 aromatic rings. The molecular formula is C26H23NO5. The fourth-order valence-corrected chi connectivity index (χ4v) is 4.28. The number of aryl methyl sites for hydroxylation is 1. The normalized spacial score (nSPS) is 18.2. The van der Waals surface area contributed by atoms with Crippen LogP contribution in [0.15, 0.2) is 60.7 Å². The lowest BCUT2D eigenvalue weighted by Crippen LogP contribution is -2.33. The van der Waals surface area contributed by atoms with E-state index in [0.29, 0.717) is 28.3 Å². The molecule has 1 atom stereocenters. The summed E-state index contributed by atoms with van der Waals surface area (Å²) < 4.78 is 17.7. The molecule has 0 saturated heterocycles. The van der Waals surface area contributed by atoms with E-state index in [9.17, 15) is 9.59 Å². The number of anilines is 1. The minimum absolute atomic E-state index is 0.379. The number of rotatable bonds is 1. The van der Waals surface area contributed by atoms with Crippen molar-refractivity contribution in [1.82, 2.24) is 0 Å². The molecule has 0 aliphatic carbocycles. The van der Waals surface area contributed by atoms with Crippen LogP contribution >= 0.6 is 0 Å². The third-order valence-electron chi connectivity index (χ3n) is 5.51. The van der Waals surface area contributed by atoms with Crippen LogP contribution in [-0.2, 0) is 15.1 Å². The number of ether oxygens (including phenoxy) is 3. The molecule has 5 rings (SSSR count). The minimum atomic E-state index is -1.12. The molecule has 0 saturated carbocycles. The van der Waals surface area contributed by atoms with E-state index in [1.54, 1.807) is 39.0 Å². The smallest absolute Gasteiger partial charge is 0.412 e. The maximum Gasteiger partial charge on any atom is 0.412 e. The Morgan fingerprint density at radius 2 is 1.62 bits per heavy atom. The SMILES string of the molecule is Cc1ccc2c(c1)Oc1cc(NC(=O)OC(C)(C)C)ccc1C21OC(=O)c2ccccc21. The highest BCUT2D eigenvalue weighted by Gasteiger charge is 2.53. The zero-order valence-electron chi connectivity index (χ0n) is 18.3. The van der Waals surface area contributed by atoms with Crippen LogP contribution < -0.4 is 10.1 Å². The van der Waals surface area contributed by atoms with Gasteiger partial charge in [0.15, 0.2) is 5.60 Å². The molecule has 0 fully saturated rings. The Bertz CT molecular complexity index is 1270. The van der Waals surface area contributed by atoms with Crippen molar-refractivity contribution >= 4 is 17.7 Å². The van der Waals surface area contributed by atoms with Gasteiger partial charge >= 0.3 is 12.1 Å². The average Bonchev–Trinajstić information content (AvgIpc) is 3.00. The van der Waals surface area contributed by atoms with Crippen LogP contribution in [0.5, 0.6) is 11.5 Å². The Labute approximate surface area is 186 Å². The van der Waals surface area contributed by atoms with E-state index in [2.05, 4.69) is 5.32 Å². The minimum Gasteiger partial charge on any atom is -0.456 e. The summed E-state index contributed by atoms with van der Waals surface area (Å²) in [6.07, 6.45) is -0.558. The van der Waals surface area contributed by atoms with Crippen molar-refractivity contribution < 1.29 is 23.8 Å². The number of esters is 1. The van der Waals surface area contributed by atoms with E-state index in [-0.39, 0.29) is 5.97 Å². The van der Waals surface area contributed by atoms with Crippen LogP contribution in [0.25, 0.3) is 0 Å². The number of carbonyl (C=O) groups excluding carboxylic acids is 2. The highest BCUT2D eigenvalue weighted by molar-refractivity contribution is 5.97. The Morgan fingerprint density at radius 1 is 0.938 bits per heavy atom. The molecule has 1 amide bonds. The van der Waals surface area contributed by atoms with Crippen molar-refractivity contribution in [3.63, 3.8) is 0 Å². The summed E-state index contributed by atoms with van der Waals surface area (Å²) in [5.41, 5.74) is 2.56. The van der Waals surface area contributed by atoms with Crippen molar-refractivity contribution in [2.45, 2.75) is 38.9 Å². The van der Waals surface area contributed by atoms with E-state index < -0.39 is 17.3 Å². The number of hydrogen-bond acceptors (Lipinski definition) is 5. The summed E-state index contributed by atoms with van der Waals surface area (Å²) in [6, 6.07) is 18.5. The maximum atomic E-state index is 12.8. The predicted molar refractivity (Wildman–Crippen MR) is 119 cm³/mol. The van der Waals surface area contributed by atoms with Crippen LogP contribution in [0.4, 0.5) is 10.5 Å². The second-order valence-electron chi connectivity index (χ2n) is 9.06. The van der Waals surface area contributed by atoms with E-state index in [0.717, 1.165) is 16.7 Å². The van der Waals surface area contributed by atoms with Gasteiger partial charge in [-0.3, -0.25) is 5.32 Å². The van der Waals surface area contributed by atoms with E-state index in [1.807, 2.05) is 49.4 Å². The number of amides is 1. The monoisotopic (exact) mass is 429 g/mol. The molecule has 1 spiro atoms. The fraction of sp³-hybridized carbons (Fsp3) is 0.231. The van der Waals surface area contributed by atoms with Crippen LogP contribution in [0.3, 0.4) is 0 Å². The summed E-state index contributed by atoms with van der Waals surface area (Å²) in [4.78, 5) is 25.1. The van der Waals surface area contributed by atoms with Gasteiger partial charge in [0.05, 0.1) is 5.56 Å². The van der Waals surface area contributed by atoms with Crippen LogP contribution in [0, 0.1) is 6.92 Å². The van der Waals surface area contributed by atoms with Gasteiger partial charge in [0.25, 0.3) is 0 Å². The Hall–Kier alpha value is -3.80. The molecule has 0 aromatic heterocycles. The quantitative estimate of drug-likeness (QED) is 0.487. The second-order valence-corrected chi connectivity index (χ2v) is 9.06. The van der Waals surface area contributed by atoms with Crippen molar-refractivity contribution in [3.8, 4) is 11.5 Å². The molecule has 162 valence electrons. The van der Waals surface area contributed by atoms with Crippen LogP contribution in [-0.4, -0.2) is 17.7 Å². The van der Waals surface area contributed by atoms with Gasteiger partial charge in [-0.2, -0.15) is 0 Å². The number of hydrogen-bond donors (Lipinski definition) is 1. The molecule has 2 aliphatic heterocycles. The number of nitrogens with one attached hydrogen (secondary N) is 1.